The van der Waals surface area contributed by atoms with E-state index in [2.05, 4.69) is 37.5 Å². The number of ether oxygens (including phenoxy) is 1. The maximum Gasteiger partial charge on any atom is 0.0686 e. The van der Waals surface area contributed by atoms with Crippen molar-refractivity contribution in [2.24, 2.45) is 11.8 Å². The molecule has 0 bridgehead atoms. The summed E-state index contributed by atoms with van der Waals surface area (Å²) in [6.45, 7) is 5.20. The van der Waals surface area contributed by atoms with Crippen LogP contribution in [0.15, 0.2) is 18.2 Å². The molecule has 21 heavy (non-hydrogen) atoms. The van der Waals surface area contributed by atoms with Gasteiger partial charge in [-0.3, -0.25) is 11.3 Å². The van der Waals surface area contributed by atoms with Crippen LogP contribution in [-0.4, -0.2) is 12.2 Å². The van der Waals surface area contributed by atoms with Crippen LogP contribution >= 0.6 is 0 Å². The molecule has 116 valence electrons. The van der Waals surface area contributed by atoms with E-state index >= 15 is 0 Å². The molecule has 1 aromatic carbocycles. The van der Waals surface area contributed by atoms with Crippen LogP contribution in [0.25, 0.3) is 0 Å². The molecule has 1 aliphatic heterocycles. The smallest absolute Gasteiger partial charge is 0.0686 e. The van der Waals surface area contributed by atoms with Gasteiger partial charge in [0.15, 0.2) is 0 Å². The quantitative estimate of drug-likeness (QED) is 0.660. The molecule has 2 fully saturated rings. The molecule has 1 heterocycles. The minimum atomic E-state index is 0.150. The standard InChI is InChI=1S/C18H28N2O/c1-13-9-14(2)11-16(10-13)17(20-19)15-5-8-21-18(12-15)6-3-4-7-18/h9-11,15,17,20H,3-8,12,19H2,1-2H3. The molecule has 1 spiro atoms. The highest BCUT2D eigenvalue weighted by atomic mass is 16.5. The summed E-state index contributed by atoms with van der Waals surface area (Å²) >= 11 is 0. The Morgan fingerprint density at radius 2 is 1.86 bits per heavy atom. The van der Waals surface area contributed by atoms with E-state index in [9.17, 15) is 0 Å². The second-order valence-electron chi connectivity index (χ2n) is 7.06. The second-order valence-corrected chi connectivity index (χ2v) is 7.06. The molecular formula is C18H28N2O. The summed E-state index contributed by atoms with van der Waals surface area (Å²) in [6, 6.07) is 7.01. The van der Waals surface area contributed by atoms with E-state index < -0.39 is 0 Å². The molecule has 2 unspecified atom stereocenters. The normalized spacial score (nSPS) is 26.1. The summed E-state index contributed by atoms with van der Waals surface area (Å²) in [5.74, 6) is 6.50. The van der Waals surface area contributed by atoms with Crippen LogP contribution in [0.5, 0.6) is 0 Å². The van der Waals surface area contributed by atoms with Gasteiger partial charge in [-0.1, -0.05) is 42.2 Å². The van der Waals surface area contributed by atoms with Crippen molar-refractivity contribution in [3.8, 4) is 0 Å². The number of rotatable bonds is 3. The highest BCUT2D eigenvalue weighted by Crippen LogP contribution is 2.45. The predicted octanol–water partition coefficient (Wildman–Crippen LogP) is 3.55. The van der Waals surface area contributed by atoms with E-state index in [0.29, 0.717) is 5.92 Å². The van der Waals surface area contributed by atoms with Gasteiger partial charge >= 0.3 is 0 Å². The molecule has 0 amide bonds. The van der Waals surface area contributed by atoms with Gasteiger partial charge in [0, 0.05) is 12.6 Å². The van der Waals surface area contributed by atoms with Crippen LogP contribution in [0, 0.1) is 19.8 Å². The Balaban J connectivity index is 1.82. The van der Waals surface area contributed by atoms with Gasteiger partial charge in [0.1, 0.15) is 0 Å². The number of nitrogens with one attached hydrogen (secondary N) is 1. The Kier molecular flexibility index (Phi) is 4.34. The molecule has 3 rings (SSSR count). The number of hydrogen-bond acceptors (Lipinski definition) is 3. The van der Waals surface area contributed by atoms with Crippen molar-refractivity contribution >= 4 is 0 Å². The predicted molar refractivity (Wildman–Crippen MR) is 85.9 cm³/mol. The number of hydrazine groups is 1. The van der Waals surface area contributed by atoms with Crippen molar-refractivity contribution < 1.29 is 4.74 Å². The Labute approximate surface area is 128 Å². The van der Waals surface area contributed by atoms with Gasteiger partial charge in [-0.25, -0.2) is 0 Å². The van der Waals surface area contributed by atoms with Gasteiger partial charge in [0.25, 0.3) is 0 Å². The van der Waals surface area contributed by atoms with E-state index in [1.54, 1.807) is 0 Å². The molecule has 1 saturated carbocycles. The first-order chi connectivity index (χ1) is 10.1. The summed E-state index contributed by atoms with van der Waals surface area (Å²) < 4.78 is 6.17. The zero-order valence-electron chi connectivity index (χ0n) is 13.3. The average Bonchev–Trinajstić information content (AvgIpc) is 2.86. The lowest BCUT2D eigenvalue weighted by molar-refractivity contribution is -0.0982. The second kappa shape index (κ2) is 6.07. The van der Waals surface area contributed by atoms with Crippen molar-refractivity contribution in [1.82, 2.24) is 5.43 Å². The molecule has 2 aliphatic rings. The number of aryl methyl sites for hydroxylation is 2. The summed E-state index contributed by atoms with van der Waals surface area (Å²) in [5.41, 5.74) is 7.20. The Morgan fingerprint density at radius 3 is 2.48 bits per heavy atom. The maximum atomic E-state index is 6.17. The Bertz CT molecular complexity index is 474. The molecular weight excluding hydrogens is 260 g/mol. The summed E-state index contributed by atoms with van der Waals surface area (Å²) in [7, 11) is 0. The molecule has 2 atom stereocenters. The first kappa shape index (κ1) is 15.0. The largest absolute Gasteiger partial charge is 0.375 e. The minimum Gasteiger partial charge on any atom is -0.375 e. The lowest BCUT2D eigenvalue weighted by Crippen LogP contribution is -2.43. The number of benzene rings is 1. The zero-order chi connectivity index (χ0) is 14.9. The van der Waals surface area contributed by atoms with E-state index in [4.69, 9.17) is 10.6 Å². The fourth-order valence-corrected chi connectivity index (χ4v) is 4.41. The van der Waals surface area contributed by atoms with Crippen LogP contribution in [0.2, 0.25) is 0 Å². The van der Waals surface area contributed by atoms with Crippen molar-refractivity contribution in [3.05, 3.63) is 34.9 Å². The molecule has 1 aliphatic carbocycles. The molecule has 3 nitrogen and oxygen atoms in total. The average molecular weight is 288 g/mol. The van der Waals surface area contributed by atoms with Crippen molar-refractivity contribution in [3.63, 3.8) is 0 Å². The molecule has 1 aromatic rings. The summed E-state index contributed by atoms with van der Waals surface area (Å²) in [4.78, 5) is 0. The third-order valence-electron chi connectivity index (χ3n) is 5.30. The van der Waals surface area contributed by atoms with Crippen LogP contribution < -0.4 is 11.3 Å². The Morgan fingerprint density at radius 1 is 1.19 bits per heavy atom. The number of nitrogens with two attached hydrogens (primary N) is 1. The topological polar surface area (TPSA) is 47.3 Å². The molecule has 0 aromatic heterocycles. The Hall–Kier alpha value is -0.900. The first-order valence-electron chi connectivity index (χ1n) is 8.30. The summed E-state index contributed by atoms with van der Waals surface area (Å²) in [5, 5.41) is 0. The van der Waals surface area contributed by atoms with Crippen LogP contribution in [-0.2, 0) is 4.74 Å². The van der Waals surface area contributed by atoms with Gasteiger partial charge in [-0.05, 0) is 51.0 Å². The molecule has 3 N–H and O–H groups in total. The van der Waals surface area contributed by atoms with Gasteiger partial charge in [-0.2, -0.15) is 0 Å². The number of hydrogen-bond donors (Lipinski definition) is 2. The van der Waals surface area contributed by atoms with Crippen molar-refractivity contribution in [1.29, 1.82) is 0 Å². The highest BCUT2D eigenvalue weighted by molar-refractivity contribution is 5.31. The van der Waals surface area contributed by atoms with Gasteiger partial charge in [-0.15, -0.1) is 0 Å². The fraction of sp³-hybridized carbons (Fsp3) is 0.667. The maximum absolute atomic E-state index is 6.17. The fourth-order valence-electron chi connectivity index (χ4n) is 4.41. The third kappa shape index (κ3) is 3.15. The van der Waals surface area contributed by atoms with Gasteiger partial charge in [0.05, 0.1) is 5.60 Å². The van der Waals surface area contributed by atoms with E-state index in [0.717, 1.165) is 19.4 Å². The van der Waals surface area contributed by atoms with Gasteiger partial charge < -0.3 is 4.74 Å². The molecule has 3 heteroatoms. The molecule has 0 radical (unpaired) electrons. The van der Waals surface area contributed by atoms with Crippen LogP contribution in [0.3, 0.4) is 0 Å². The van der Waals surface area contributed by atoms with E-state index in [1.165, 1.54) is 42.4 Å². The van der Waals surface area contributed by atoms with Crippen LogP contribution in [0.1, 0.15) is 61.3 Å². The van der Waals surface area contributed by atoms with E-state index in [1.807, 2.05) is 0 Å². The minimum absolute atomic E-state index is 0.150. The monoisotopic (exact) mass is 288 g/mol. The van der Waals surface area contributed by atoms with Crippen LogP contribution in [0.4, 0.5) is 0 Å². The lowest BCUT2D eigenvalue weighted by atomic mass is 9.78. The highest BCUT2D eigenvalue weighted by Gasteiger charge is 2.42. The van der Waals surface area contributed by atoms with Gasteiger partial charge in [0.2, 0.25) is 0 Å². The third-order valence-corrected chi connectivity index (χ3v) is 5.30. The first-order valence-corrected chi connectivity index (χ1v) is 8.30. The van der Waals surface area contributed by atoms with Crippen molar-refractivity contribution in [2.45, 2.75) is 64.0 Å². The zero-order valence-corrected chi connectivity index (χ0v) is 13.3. The van der Waals surface area contributed by atoms with Crippen molar-refractivity contribution in [2.75, 3.05) is 6.61 Å². The van der Waals surface area contributed by atoms with E-state index in [-0.39, 0.29) is 11.6 Å². The summed E-state index contributed by atoms with van der Waals surface area (Å²) in [6.07, 6.45) is 7.34. The SMILES string of the molecule is Cc1cc(C)cc(C(NN)C2CCOC3(CCCC3)C2)c1. The lowest BCUT2D eigenvalue weighted by Gasteiger charge is -2.41. The molecule has 1 saturated heterocycles.